The lowest BCUT2D eigenvalue weighted by molar-refractivity contribution is -0.151. The van der Waals surface area contributed by atoms with E-state index in [0.29, 0.717) is 0 Å². The summed E-state index contributed by atoms with van der Waals surface area (Å²) < 4.78 is 19.5. The first kappa shape index (κ1) is 22.7. The second-order valence-electron chi connectivity index (χ2n) is 7.72. The van der Waals surface area contributed by atoms with E-state index in [1.807, 2.05) is 59.4 Å². The number of carboxylic acid groups (broad SMARTS) is 1. The molecule has 3 rings (SSSR count). The molecule has 0 heterocycles. The molecule has 3 amide bonds. The summed E-state index contributed by atoms with van der Waals surface area (Å²) in [4.78, 5) is 46.3. The SMILES string of the molecule is CC(C)(F)C(NC(=O)C(=O)O)C(=O)NNC(=O)OCC1c2ccccc2-c2ccccc21. The highest BCUT2D eigenvalue weighted by atomic mass is 19.1. The van der Waals surface area contributed by atoms with Gasteiger partial charge in [-0.1, -0.05) is 48.5 Å². The molecule has 4 N–H and O–H groups in total. The summed E-state index contributed by atoms with van der Waals surface area (Å²) in [6.45, 7) is 1.95. The van der Waals surface area contributed by atoms with Crippen LogP contribution in [0.5, 0.6) is 0 Å². The summed E-state index contributed by atoms with van der Waals surface area (Å²) in [6, 6.07) is 13.6. The van der Waals surface area contributed by atoms with Crippen molar-refractivity contribution < 1.29 is 33.4 Å². The minimum atomic E-state index is -2.31. The van der Waals surface area contributed by atoms with Crippen molar-refractivity contribution in [2.45, 2.75) is 31.5 Å². The van der Waals surface area contributed by atoms with Crippen molar-refractivity contribution in [2.24, 2.45) is 0 Å². The number of amides is 3. The fraction of sp³-hybridized carbons (Fsp3) is 0.273. The lowest BCUT2D eigenvalue weighted by atomic mass is 9.98. The maximum atomic E-state index is 14.3. The predicted octanol–water partition coefficient (Wildman–Crippen LogP) is 1.87. The van der Waals surface area contributed by atoms with Crippen LogP contribution in [0.3, 0.4) is 0 Å². The third kappa shape index (κ3) is 4.85. The largest absolute Gasteiger partial charge is 0.474 e. The number of benzene rings is 2. The van der Waals surface area contributed by atoms with E-state index < -0.39 is 35.6 Å². The van der Waals surface area contributed by atoms with Gasteiger partial charge in [0.25, 0.3) is 5.91 Å². The quantitative estimate of drug-likeness (QED) is 0.412. The molecule has 2 aromatic carbocycles. The highest BCUT2D eigenvalue weighted by molar-refractivity contribution is 6.32. The van der Waals surface area contributed by atoms with Crippen LogP contribution >= 0.6 is 0 Å². The number of carbonyl (C=O) groups is 4. The van der Waals surface area contributed by atoms with Crippen LogP contribution < -0.4 is 16.2 Å². The average molecular weight is 443 g/mol. The highest BCUT2D eigenvalue weighted by Gasteiger charge is 2.38. The first-order chi connectivity index (χ1) is 15.1. The number of hydrazine groups is 1. The first-order valence-corrected chi connectivity index (χ1v) is 9.73. The molecule has 9 nitrogen and oxygen atoms in total. The van der Waals surface area contributed by atoms with Crippen LogP contribution in [0.2, 0.25) is 0 Å². The van der Waals surface area contributed by atoms with Gasteiger partial charge in [0.15, 0.2) is 0 Å². The number of rotatable bonds is 5. The number of fused-ring (bicyclic) bond motifs is 3. The van der Waals surface area contributed by atoms with E-state index in [1.54, 1.807) is 5.32 Å². The molecule has 0 spiro atoms. The average Bonchev–Trinajstić information content (AvgIpc) is 3.07. The van der Waals surface area contributed by atoms with Crippen LogP contribution in [0.4, 0.5) is 9.18 Å². The van der Waals surface area contributed by atoms with Gasteiger partial charge in [-0.15, -0.1) is 0 Å². The second-order valence-corrected chi connectivity index (χ2v) is 7.72. The molecule has 32 heavy (non-hydrogen) atoms. The van der Waals surface area contributed by atoms with Crippen LogP contribution in [-0.2, 0) is 19.1 Å². The zero-order valence-electron chi connectivity index (χ0n) is 17.3. The molecule has 0 radical (unpaired) electrons. The molecule has 1 aliphatic rings. The number of nitrogens with one attached hydrogen (secondary N) is 3. The molecule has 168 valence electrons. The fourth-order valence-corrected chi connectivity index (χ4v) is 3.56. The van der Waals surface area contributed by atoms with E-state index in [-0.39, 0.29) is 12.5 Å². The Kier molecular flexibility index (Phi) is 6.42. The molecule has 1 unspecified atom stereocenters. The molecule has 1 atom stereocenters. The monoisotopic (exact) mass is 443 g/mol. The van der Waals surface area contributed by atoms with E-state index >= 15 is 0 Å². The fourth-order valence-electron chi connectivity index (χ4n) is 3.56. The Hall–Kier alpha value is -3.95. The Morgan fingerprint density at radius 3 is 2.03 bits per heavy atom. The topological polar surface area (TPSA) is 134 Å². The maximum absolute atomic E-state index is 14.3. The van der Waals surface area contributed by atoms with E-state index in [0.717, 1.165) is 36.1 Å². The molecule has 0 saturated carbocycles. The van der Waals surface area contributed by atoms with Crippen LogP contribution in [-0.4, -0.2) is 47.3 Å². The smallest absolute Gasteiger partial charge is 0.426 e. The van der Waals surface area contributed by atoms with Crippen LogP contribution in [0.1, 0.15) is 30.9 Å². The number of alkyl halides is 1. The van der Waals surface area contributed by atoms with Crippen molar-refractivity contribution in [3.05, 3.63) is 59.7 Å². The summed E-state index contributed by atoms with van der Waals surface area (Å²) in [5.74, 6) is -4.79. The summed E-state index contributed by atoms with van der Waals surface area (Å²) in [7, 11) is 0. The Labute approximate surface area is 182 Å². The standard InChI is InChI=1S/C22H22FN3O6/c1-22(2,23)17(24-19(28)20(29)30)18(27)25-26-21(31)32-11-16-14-9-5-3-7-12(14)13-8-4-6-10-15(13)16/h3-10,16-17H,11H2,1-2H3,(H,24,28)(H,25,27)(H,26,31)(H,29,30). The van der Waals surface area contributed by atoms with Crippen molar-refractivity contribution in [1.82, 2.24) is 16.2 Å². The minimum absolute atomic E-state index is 0.0104. The van der Waals surface area contributed by atoms with Gasteiger partial charge >= 0.3 is 18.0 Å². The number of aliphatic carboxylic acids is 1. The van der Waals surface area contributed by atoms with Gasteiger partial charge in [0.2, 0.25) is 0 Å². The highest BCUT2D eigenvalue weighted by Crippen LogP contribution is 2.44. The van der Waals surface area contributed by atoms with Crippen molar-refractivity contribution in [1.29, 1.82) is 0 Å². The zero-order valence-corrected chi connectivity index (χ0v) is 17.3. The number of carbonyl (C=O) groups excluding carboxylic acids is 3. The van der Waals surface area contributed by atoms with Crippen molar-refractivity contribution in [3.63, 3.8) is 0 Å². The maximum Gasteiger partial charge on any atom is 0.426 e. The normalized spacial score (nSPS) is 13.3. The third-order valence-electron chi connectivity index (χ3n) is 5.05. The van der Waals surface area contributed by atoms with Crippen LogP contribution in [0.25, 0.3) is 11.1 Å². The van der Waals surface area contributed by atoms with Gasteiger partial charge in [-0.05, 0) is 36.1 Å². The Bertz CT molecular complexity index is 1020. The van der Waals surface area contributed by atoms with Crippen molar-refractivity contribution in [2.75, 3.05) is 6.61 Å². The van der Waals surface area contributed by atoms with E-state index in [4.69, 9.17) is 9.84 Å². The van der Waals surface area contributed by atoms with Crippen molar-refractivity contribution in [3.8, 4) is 11.1 Å². The lowest BCUT2D eigenvalue weighted by Crippen LogP contribution is -2.60. The molecular formula is C22H22FN3O6. The number of carboxylic acids is 1. The molecule has 2 aromatic rings. The third-order valence-corrected chi connectivity index (χ3v) is 5.05. The predicted molar refractivity (Wildman–Crippen MR) is 111 cm³/mol. The van der Waals surface area contributed by atoms with E-state index in [2.05, 4.69) is 0 Å². The minimum Gasteiger partial charge on any atom is -0.474 e. The zero-order chi connectivity index (χ0) is 23.5. The number of hydrogen-bond acceptors (Lipinski definition) is 5. The number of halogens is 1. The number of hydrogen-bond donors (Lipinski definition) is 4. The summed E-state index contributed by atoms with van der Waals surface area (Å²) in [6.07, 6.45) is -1.000. The Morgan fingerprint density at radius 1 is 1.00 bits per heavy atom. The van der Waals surface area contributed by atoms with Gasteiger partial charge in [-0.25, -0.2) is 19.4 Å². The summed E-state index contributed by atoms with van der Waals surface area (Å²) in [5, 5.41) is 10.4. The molecule has 0 saturated heterocycles. The second kappa shape index (κ2) is 9.04. The van der Waals surface area contributed by atoms with Crippen LogP contribution in [0, 0.1) is 0 Å². The van der Waals surface area contributed by atoms with Gasteiger partial charge < -0.3 is 15.2 Å². The van der Waals surface area contributed by atoms with E-state index in [9.17, 15) is 23.6 Å². The molecule has 1 aliphatic carbocycles. The van der Waals surface area contributed by atoms with E-state index in [1.165, 1.54) is 0 Å². The summed E-state index contributed by atoms with van der Waals surface area (Å²) >= 11 is 0. The molecular weight excluding hydrogens is 421 g/mol. The van der Waals surface area contributed by atoms with Gasteiger partial charge in [0.1, 0.15) is 18.3 Å². The molecule has 0 bridgehead atoms. The van der Waals surface area contributed by atoms with Gasteiger partial charge in [-0.3, -0.25) is 15.0 Å². The van der Waals surface area contributed by atoms with Crippen molar-refractivity contribution >= 4 is 23.9 Å². The molecule has 0 fully saturated rings. The van der Waals surface area contributed by atoms with Gasteiger partial charge in [-0.2, -0.15) is 0 Å². The van der Waals surface area contributed by atoms with Crippen LogP contribution in [0.15, 0.2) is 48.5 Å². The lowest BCUT2D eigenvalue weighted by Gasteiger charge is -2.26. The number of ether oxygens (including phenoxy) is 1. The molecule has 10 heteroatoms. The first-order valence-electron chi connectivity index (χ1n) is 9.73. The Balaban J connectivity index is 1.60. The van der Waals surface area contributed by atoms with Gasteiger partial charge in [0, 0.05) is 5.92 Å². The molecule has 0 aliphatic heterocycles. The summed E-state index contributed by atoms with van der Waals surface area (Å²) in [5.41, 5.74) is 5.71. The van der Waals surface area contributed by atoms with Gasteiger partial charge in [0.05, 0.1) is 0 Å². The Morgan fingerprint density at radius 2 is 1.53 bits per heavy atom. The molecule has 0 aromatic heterocycles.